The largest absolute Gasteiger partial charge is 0.489 e. The van der Waals surface area contributed by atoms with E-state index in [1.165, 1.54) is 6.33 Å². The third kappa shape index (κ3) is 4.26. The number of hydrogen-bond donors (Lipinski definition) is 0. The summed E-state index contributed by atoms with van der Waals surface area (Å²) in [5.74, 6) is 1.15. The van der Waals surface area contributed by atoms with Crippen LogP contribution in [-0.2, 0) is 11.2 Å². The van der Waals surface area contributed by atoms with Gasteiger partial charge in [-0.3, -0.25) is 4.79 Å². The van der Waals surface area contributed by atoms with Crippen molar-refractivity contribution in [3.63, 3.8) is 0 Å². The molecule has 4 rings (SSSR count). The van der Waals surface area contributed by atoms with Gasteiger partial charge in [0, 0.05) is 13.5 Å². The number of fused-ring (bicyclic) bond motifs is 1. The van der Waals surface area contributed by atoms with Crippen molar-refractivity contribution in [1.82, 2.24) is 19.7 Å². The zero-order chi connectivity index (χ0) is 21.1. The molecule has 2 aromatic carbocycles. The molecule has 30 heavy (non-hydrogen) atoms. The fourth-order valence-corrected chi connectivity index (χ4v) is 3.66. The fourth-order valence-electron chi connectivity index (χ4n) is 3.37. The van der Waals surface area contributed by atoms with Crippen LogP contribution in [0.4, 0.5) is 0 Å². The molecule has 1 unspecified atom stereocenters. The summed E-state index contributed by atoms with van der Waals surface area (Å²) in [6, 6.07) is 11.4. The first-order valence-electron chi connectivity index (χ1n) is 9.81. The Labute approximate surface area is 180 Å². The maximum Gasteiger partial charge on any atom is 0.227 e. The maximum atomic E-state index is 12.9. The van der Waals surface area contributed by atoms with Crippen LogP contribution in [0.5, 0.6) is 11.5 Å². The quantitative estimate of drug-likeness (QED) is 0.620. The van der Waals surface area contributed by atoms with E-state index in [0.29, 0.717) is 29.7 Å². The molecular weight excluding hydrogens is 404 g/mol. The summed E-state index contributed by atoms with van der Waals surface area (Å²) in [7, 11) is 1.81. The minimum Gasteiger partial charge on any atom is -0.489 e. The Morgan fingerprint density at radius 3 is 2.73 bits per heavy atom. The SMILES string of the molecule is CC(c1ccc(-n2cncn2)cc1)N(C)C(=O)Cc1cc(Cl)c2c(c1)OCCCO2. The van der Waals surface area contributed by atoms with Crippen LogP contribution < -0.4 is 9.47 Å². The summed E-state index contributed by atoms with van der Waals surface area (Å²) in [6.45, 7) is 3.15. The van der Waals surface area contributed by atoms with E-state index in [1.807, 2.05) is 44.3 Å². The van der Waals surface area contributed by atoms with Crippen LogP contribution in [0.2, 0.25) is 5.02 Å². The predicted octanol–water partition coefficient (Wildman–Crippen LogP) is 3.84. The molecule has 0 fully saturated rings. The molecule has 156 valence electrons. The summed E-state index contributed by atoms with van der Waals surface area (Å²) >= 11 is 6.36. The van der Waals surface area contributed by atoms with Crippen LogP contribution in [0.1, 0.15) is 30.5 Å². The Morgan fingerprint density at radius 1 is 1.23 bits per heavy atom. The van der Waals surface area contributed by atoms with Crippen LogP contribution in [-0.4, -0.2) is 45.8 Å². The Hall–Kier alpha value is -3.06. The van der Waals surface area contributed by atoms with E-state index >= 15 is 0 Å². The summed E-state index contributed by atoms with van der Waals surface area (Å²) < 4.78 is 13.1. The highest BCUT2D eigenvalue weighted by molar-refractivity contribution is 6.32. The minimum absolute atomic E-state index is 0.00610. The maximum absolute atomic E-state index is 12.9. The number of likely N-dealkylation sites (N-methyl/N-ethyl adjacent to an activating group) is 1. The van der Waals surface area contributed by atoms with Crippen molar-refractivity contribution in [2.45, 2.75) is 25.8 Å². The number of amides is 1. The van der Waals surface area contributed by atoms with Crippen molar-refractivity contribution in [3.8, 4) is 17.2 Å². The molecule has 0 aliphatic carbocycles. The second kappa shape index (κ2) is 8.75. The van der Waals surface area contributed by atoms with Crippen molar-refractivity contribution in [2.75, 3.05) is 20.3 Å². The number of aromatic nitrogens is 3. The minimum atomic E-state index is -0.0850. The molecule has 0 bridgehead atoms. The van der Waals surface area contributed by atoms with E-state index in [9.17, 15) is 4.79 Å². The van der Waals surface area contributed by atoms with Gasteiger partial charge >= 0.3 is 0 Å². The van der Waals surface area contributed by atoms with E-state index in [-0.39, 0.29) is 18.4 Å². The third-order valence-electron chi connectivity index (χ3n) is 5.25. The van der Waals surface area contributed by atoms with Gasteiger partial charge in [0.25, 0.3) is 0 Å². The number of nitrogens with zero attached hydrogens (tertiary/aromatic N) is 4. The first kappa shape index (κ1) is 20.2. The topological polar surface area (TPSA) is 69.5 Å². The molecule has 0 N–H and O–H groups in total. The lowest BCUT2D eigenvalue weighted by Crippen LogP contribution is -2.31. The van der Waals surface area contributed by atoms with Crippen LogP contribution in [0, 0.1) is 0 Å². The molecule has 7 nitrogen and oxygen atoms in total. The zero-order valence-electron chi connectivity index (χ0n) is 16.9. The molecule has 1 aromatic heterocycles. The average molecular weight is 427 g/mol. The van der Waals surface area contributed by atoms with Crippen LogP contribution in [0.15, 0.2) is 49.1 Å². The normalized spacial score (nSPS) is 14.1. The van der Waals surface area contributed by atoms with E-state index in [1.54, 1.807) is 22.0 Å². The van der Waals surface area contributed by atoms with Gasteiger partial charge in [0.2, 0.25) is 5.91 Å². The van der Waals surface area contributed by atoms with Crippen LogP contribution >= 0.6 is 11.6 Å². The molecule has 0 saturated heterocycles. The highest BCUT2D eigenvalue weighted by Crippen LogP contribution is 2.38. The molecule has 1 aliphatic rings. The first-order chi connectivity index (χ1) is 14.5. The van der Waals surface area contributed by atoms with Crippen molar-refractivity contribution in [2.24, 2.45) is 0 Å². The second-order valence-corrected chi connectivity index (χ2v) is 7.65. The van der Waals surface area contributed by atoms with Gasteiger partial charge in [-0.1, -0.05) is 23.7 Å². The van der Waals surface area contributed by atoms with Gasteiger partial charge in [-0.15, -0.1) is 0 Å². The van der Waals surface area contributed by atoms with Gasteiger partial charge in [0.15, 0.2) is 11.5 Å². The summed E-state index contributed by atoms with van der Waals surface area (Å²) in [4.78, 5) is 18.6. The Kier molecular flexibility index (Phi) is 5.90. The van der Waals surface area contributed by atoms with E-state index in [2.05, 4.69) is 10.1 Å². The van der Waals surface area contributed by atoms with Gasteiger partial charge in [-0.25, -0.2) is 9.67 Å². The predicted molar refractivity (Wildman–Crippen MR) is 113 cm³/mol. The van der Waals surface area contributed by atoms with Crippen LogP contribution in [0.25, 0.3) is 5.69 Å². The number of carbonyl (C=O) groups excluding carboxylic acids is 1. The monoisotopic (exact) mass is 426 g/mol. The second-order valence-electron chi connectivity index (χ2n) is 7.24. The van der Waals surface area contributed by atoms with Gasteiger partial charge in [-0.2, -0.15) is 5.10 Å². The molecule has 1 aliphatic heterocycles. The lowest BCUT2D eigenvalue weighted by Gasteiger charge is -2.26. The first-order valence-corrected chi connectivity index (χ1v) is 10.2. The highest BCUT2D eigenvalue weighted by atomic mass is 35.5. The van der Waals surface area contributed by atoms with Gasteiger partial charge in [0.05, 0.1) is 36.4 Å². The number of benzene rings is 2. The smallest absolute Gasteiger partial charge is 0.227 e. The molecule has 0 radical (unpaired) electrons. The van der Waals surface area contributed by atoms with Crippen molar-refractivity contribution >= 4 is 17.5 Å². The standard InChI is InChI=1S/C22H23ClN4O3/c1-15(17-4-6-18(7-5-17)27-14-24-13-25-27)26(2)21(28)12-16-10-19(23)22-20(11-16)29-8-3-9-30-22/h4-7,10-11,13-15H,3,8-9,12H2,1-2H3. The Balaban J connectivity index is 1.45. The van der Waals surface area contributed by atoms with Gasteiger partial charge in [-0.05, 0) is 42.3 Å². The lowest BCUT2D eigenvalue weighted by atomic mass is 10.1. The van der Waals surface area contributed by atoms with Gasteiger partial charge in [0.1, 0.15) is 12.7 Å². The number of hydrogen-bond acceptors (Lipinski definition) is 5. The summed E-state index contributed by atoms with van der Waals surface area (Å²) in [6.07, 6.45) is 4.17. The molecular formula is C22H23ClN4O3. The van der Waals surface area contributed by atoms with Crippen LogP contribution in [0.3, 0.4) is 0 Å². The number of carbonyl (C=O) groups is 1. The fraction of sp³-hybridized carbons (Fsp3) is 0.318. The van der Waals surface area contributed by atoms with Crippen molar-refractivity contribution in [3.05, 3.63) is 65.2 Å². The number of ether oxygens (including phenoxy) is 2. The van der Waals surface area contributed by atoms with Crippen molar-refractivity contribution < 1.29 is 14.3 Å². The number of halogens is 1. The lowest BCUT2D eigenvalue weighted by molar-refractivity contribution is -0.131. The van der Waals surface area contributed by atoms with E-state index in [0.717, 1.165) is 23.2 Å². The van der Waals surface area contributed by atoms with E-state index in [4.69, 9.17) is 21.1 Å². The average Bonchev–Trinajstić information content (AvgIpc) is 3.18. The summed E-state index contributed by atoms with van der Waals surface area (Å²) in [5.41, 5.74) is 2.75. The molecule has 3 aromatic rings. The third-order valence-corrected chi connectivity index (χ3v) is 5.53. The Bertz CT molecular complexity index is 1020. The van der Waals surface area contributed by atoms with Gasteiger partial charge < -0.3 is 14.4 Å². The molecule has 0 saturated carbocycles. The van der Waals surface area contributed by atoms with E-state index < -0.39 is 0 Å². The molecule has 2 heterocycles. The molecule has 8 heteroatoms. The molecule has 1 amide bonds. The molecule has 0 spiro atoms. The Morgan fingerprint density at radius 2 is 2.00 bits per heavy atom. The highest BCUT2D eigenvalue weighted by Gasteiger charge is 2.21. The van der Waals surface area contributed by atoms with Crippen molar-refractivity contribution in [1.29, 1.82) is 0 Å². The zero-order valence-corrected chi connectivity index (χ0v) is 17.7. The summed E-state index contributed by atoms with van der Waals surface area (Å²) in [5, 5.41) is 4.59. The number of rotatable bonds is 5. The molecule has 1 atom stereocenters.